The zero-order valence-corrected chi connectivity index (χ0v) is 11.0. The van der Waals surface area contributed by atoms with Gasteiger partial charge < -0.3 is 0 Å². The van der Waals surface area contributed by atoms with Gasteiger partial charge in [0.2, 0.25) is 0 Å². The third-order valence-corrected chi connectivity index (χ3v) is 4.99. The topological polar surface area (TPSA) is 43.1 Å². The minimum Gasteiger partial charge on any atom is -0.258 e. The Hall–Kier alpha value is -1.81. The van der Waals surface area contributed by atoms with Gasteiger partial charge in [-0.2, -0.15) is 0 Å². The summed E-state index contributed by atoms with van der Waals surface area (Å²) in [6, 6.07) is 17.4. The number of nitro benzene ring substituents is 1. The van der Waals surface area contributed by atoms with E-state index in [4.69, 9.17) is 0 Å². The highest BCUT2D eigenvalue weighted by Crippen LogP contribution is 2.57. The van der Waals surface area contributed by atoms with Crippen LogP contribution in [-0.2, 0) is 0 Å². The maximum Gasteiger partial charge on any atom is 0.269 e. The van der Waals surface area contributed by atoms with Crippen molar-refractivity contribution in [1.82, 2.24) is 0 Å². The molecule has 0 radical (unpaired) electrons. The molecule has 19 heavy (non-hydrogen) atoms. The smallest absolute Gasteiger partial charge is 0.258 e. The van der Waals surface area contributed by atoms with Gasteiger partial charge in [-0.3, -0.25) is 10.1 Å². The average Bonchev–Trinajstić information content (AvgIpc) is 2.39. The molecule has 3 rings (SSSR count). The highest BCUT2D eigenvalue weighted by molar-refractivity contribution is 8.01. The number of rotatable bonds is 3. The van der Waals surface area contributed by atoms with E-state index >= 15 is 0 Å². The fraction of sp³-hybridized carbons (Fsp3) is 0.200. The maximum atomic E-state index is 10.6. The maximum absolute atomic E-state index is 10.6. The van der Waals surface area contributed by atoms with Crippen LogP contribution in [0.2, 0.25) is 0 Å². The van der Waals surface area contributed by atoms with E-state index in [-0.39, 0.29) is 10.6 Å². The van der Waals surface area contributed by atoms with Gasteiger partial charge >= 0.3 is 0 Å². The summed E-state index contributed by atoms with van der Waals surface area (Å²) in [6.45, 7) is 0. The summed E-state index contributed by atoms with van der Waals surface area (Å²) in [5.41, 5.74) is 2.71. The third kappa shape index (κ3) is 2.49. The largest absolute Gasteiger partial charge is 0.269 e. The normalized spacial score (nSPS) is 21.7. The molecule has 0 amide bonds. The van der Waals surface area contributed by atoms with Gasteiger partial charge in [-0.25, -0.2) is 0 Å². The van der Waals surface area contributed by atoms with E-state index in [0.29, 0.717) is 10.5 Å². The first-order valence-electron chi connectivity index (χ1n) is 6.19. The number of nitrogens with zero attached hydrogens (tertiary/aromatic N) is 1. The van der Waals surface area contributed by atoms with Crippen molar-refractivity contribution in [2.45, 2.75) is 16.9 Å². The number of non-ortho nitro benzene ring substituents is 1. The standard InChI is InChI=1S/C15H13NO2S/c17-16(18)13-8-6-12(7-9-13)15-10-14(19-15)11-4-2-1-3-5-11/h1-9,14-15H,10H2. The summed E-state index contributed by atoms with van der Waals surface area (Å²) in [5.74, 6) is 0. The van der Waals surface area contributed by atoms with Gasteiger partial charge in [-0.15, -0.1) is 11.8 Å². The number of hydrogen-bond donors (Lipinski definition) is 0. The molecule has 2 aromatic rings. The first-order valence-corrected chi connectivity index (χ1v) is 7.13. The molecule has 0 aromatic heterocycles. The van der Waals surface area contributed by atoms with Crippen LogP contribution in [0.15, 0.2) is 54.6 Å². The average molecular weight is 271 g/mol. The second kappa shape index (κ2) is 5.05. The van der Waals surface area contributed by atoms with Crippen molar-refractivity contribution >= 4 is 17.4 Å². The van der Waals surface area contributed by atoms with Crippen molar-refractivity contribution in [2.24, 2.45) is 0 Å². The van der Waals surface area contributed by atoms with E-state index in [1.54, 1.807) is 12.1 Å². The van der Waals surface area contributed by atoms with E-state index in [9.17, 15) is 10.1 Å². The van der Waals surface area contributed by atoms with Gasteiger partial charge in [0.25, 0.3) is 5.69 Å². The Morgan fingerprint density at radius 2 is 1.47 bits per heavy atom. The molecule has 4 heteroatoms. The zero-order chi connectivity index (χ0) is 13.2. The van der Waals surface area contributed by atoms with Crippen LogP contribution in [0.5, 0.6) is 0 Å². The van der Waals surface area contributed by atoms with Crippen LogP contribution in [0, 0.1) is 10.1 Å². The summed E-state index contributed by atoms with van der Waals surface area (Å²) in [6.07, 6.45) is 1.10. The fourth-order valence-electron chi connectivity index (χ4n) is 2.29. The molecule has 0 saturated carbocycles. The molecule has 1 aliphatic heterocycles. The summed E-state index contributed by atoms with van der Waals surface area (Å²) < 4.78 is 0. The molecule has 1 heterocycles. The minimum atomic E-state index is -0.357. The van der Waals surface area contributed by atoms with Crippen molar-refractivity contribution in [3.05, 3.63) is 75.8 Å². The first-order chi connectivity index (χ1) is 9.24. The summed E-state index contributed by atoms with van der Waals surface area (Å²) >= 11 is 1.92. The van der Waals surface area contributed by atoms with Gasteiger partial charge in [0, 0.05) is 22.6 Å². The molecule has 2 atom stereocenters. The quantitative estimate of drug-likeness (QED) is 0.609. The summed E-state index contributed by atoms with van der Waals surface area (Å²) in [5, 5.41) is 11.6. The van der Waals surface area contributed by atoms with Crippen molar-refractivity contribution in [1.29, 1.82) is 0 Å². The summed E-state index contributed by atoms with van der Waals surface area (Å²) in [7, 11) is 0. The van der Waals surface area contributed by atoms with Crippen LogP contribution in [0.3, 0.4) is 0 Å². The van der Waals surface area contributed by atoms with E-state index < -0.39 is 0 Å². The Kier molecular flexibility index (Phi) is 3.25. The fourth-order valence-corrected chi connectivity index (χ4v) is 3.56. The van der Waals surface area contributed by atoms with Crippen molar-refractivity contribution in [2.75, 3.05) is 0 Å². The molecule has 1 aliphatic rings. The molecular weight excluding hydrogens is 258 g/mol. The highest BCUT2D eigenvalue weighted by Gasteiger charge is 2.32. The first kappa shape index (κ1) is 12.2. The lowest BCUT2D eigenvalue weighted by atomic mass is 10.0. The number of nitro groups is 1. The Morgan fingerprint density at radius 3 is 2.00 bits per heavy atom. The van der Waals surface area contributed by atoms with Gasteiger partial charge in [0.1, 0.15) is 0 Å². The molecule has 2 aromatic carbocycles. The zero-order valence-electron chi connectivity index (χ0n) is 10.2. The third-order valence-electron chi connectivity index (χ3n) is 3.40. The van der Waals surface area contributed by atoms with Crippen LogP contribution < -0.4 is 0 Å². The molecule has 0 bridgehead atoms. The Bertz CT molecular complexity index is 577. The van der Waals surface area contributed by atoms with E-state index in [1.807, 2.05) is 30.0 Å². The van der Waals surface area contributed by atoms with Crippen LogP contribution >= 0.6 is 11.8 Å². The van der Waals surface area contributed by atoms with E-state index in [1.165, 1.54) is 11.1 Å². The van der Waals surface area contributed by atoms with E-state index in [2.05, 4.69) is 24.3 Å². The van der Waals surface area contributed by atoms with Gasteiger partial charge in [0.05, 0.1) is 4.92 Å². The Labute approximate surface area is 115 Å². The Balaban J connectivity index is 1.66. The minimum absolute atomic E-state index is 0.160. The number of hydrogen-bond acceptors (Lipinski definition) is 3. The molecular formula is C15H13NO2S. The highest BCUT2D eigenvalue weighted by atomic mass is 32.2. The molecule has 2 unspecified atom stereocenters. The molecule has 0 spiro atoms. The van der Waals surface area contributed by atoms with Crippen molar-refractivity contribution < 1.29 is 4.92 Å². The molecule has 0 N–H and O–H groups in total. The Morgan fingerprint density at radius 1 is 0.947 bits per heavy atom. The second-order valence-corrected chi connectivity index (χ2v) is 6.02. The van der Waals surface area contributed by atoms with Crippen LogP contribution in [0.25, 0.3) is 0 Å². The van der Waals surface area contributed by atoms with Gasteiger partial charge in [-0.1, -0.05) is 42.5 Å². The predicted octanol–water partition coefficient (Wildman–Crippen LogP) is 4.51. The number of thioether (sulfide) groups is 1. The molecule has 1 fully saturated rings. The lowest BCUT2D eigenvalue weighted by Crippen LogP contribution is -2.13. The molecule has 1 saturated heterocycles. The molecule has 96 valence electrons. The SMILES string of the molecule is O=[N+]([O-])c1ccc(C2CC(c3ccccc3)S2)cc1. The monoisotopic (exact) mass is 271 g/mol. The predicted molar refractivity (Wildman–Crippen MR) is 77.2 cm³/mol. The lowest BCUT2D eigenvalue weighted by molar-refractivity contribution is -0.384. The number of benzene rings is 2. The van der Waals surface area contributed by atoms with Crippen LogP contribution in [-0.4, -0.2) is 4.92 Å². The van der Waals surface area contributed by atoms with Crippen molar-refractivity contribution in [3.8, 4) is 0 Å². The van der Waals surface area contributed by atoms with Gasteiger partial charge in [0.15, 0.2) is 0 Å². The van der Waals surface area contributed by atoms with Crippen LogP contribution in [0.1, 0.15) is 28.0 Å². The summed E-state index contributed by atoms with van der Waals surface area (Å²) in [4.78, 5) is 10.2. The second-order valence-electron chi connectivity index (χ2n) is 4.61. The lowest BCUT2D eigenvalue weighted by Gasteiger charge is -2.35. The van der Waals surface area contributed by atoms with E-state index in [0.717, 1.165) is 6.42 Å². The van der Waals surface area contributed by atoms with Gasteiger partial charge in [-0.05, 0) is 17.5 Å². The molecule has 3 nitrogen and oxygen atoms in total. The van der Waals surface area contributed by atoms with Crippen LogP contribution in [0.4, 0.5) is 5.69 Å². The van der Waals surface area contributed by atoms with Crippen molar-refractivity contribution in [3.63, 3.8) is 0 Å². The molecule has 0 aliphatic carbocycles.